The van der Waals surface area contributed by atoms with Gasteiger partial charge in [-0.15, -0.1) is 0 Å². The zero-order valence-corrected chi connectivity index (χ0v) is 11.5. The van der Waals surface area contributed by atoms with Crippen LogP contribution in [0.25, 0.3) is 0 Å². The van der Waals surface area contributed by atoms with Crippen LogP contribution >= 0.6 is 11.6 Å². The van der Waals surface area contributed by atoms with Gasteiger partial charge in [0.15, 0.2) is 0 Å². The predicted octanol–water partition coefficient (Wildman–Crippen LogP) is 2.62. The number of rotatable bonds is 6. The number of hydrogen-bond acceptors (Lipinski definition) is 3. The average Bonchev–Trinajstić information content (AvgIpc) is 2.80. The van der Waals surface area contributed by atoms with Crippen LogP contribution in [0.15, 0.2) is 24.3 Å². The minimum atomic E-state index is 0.228. The van der Waals surface area contributed by atoms with Crippen LogP contribution in [0.1, 0.15) is 18.4 Å². The molecule has 0 spiro atoms. The fraction of sp³-hybridized carbons (Fsp3) is 0.571. The van der Waals surface area contributed by atoms with Gasteiger partial charge in [-0.05, 0) is 31.5 Å². The zero-order chi connectivity index (χ0) is 12.8. The molecule has 3 nitrogen and oxygen atoms in total. The molecule has 0 bridgehead atoms. The molecule has 0 amide bonds. The molecule has 1 saturated heterocycles. The SMILES string of the molecule is CNCC1CCC(COCc2ccccc2Cl)O1. The van der Waals surface area contributed by atoms with Gasteiger partial charge in [0.25, 0.3) is 0 Å². The Bertz CT molecular complexity index is 373. The molecule has 100 valence electrons. The lowest BCUT2D eigenvalue weighted by Gasteiger charge is -2.14. The maximum Gasteiger partial charge on any atom is 0.0814 e. The van der Waals surface area contributed by atoms with Gasteiger partial charge < -0.3 is 14.8 Å². The summed E-state index contributed by atoms with van der Waals surface area (Å²) in [5, 5.41) is 3.90. The third-order valence-electron chi connectivity index (χ3n) is 3.15. The third-order valence-corrected chi connectivity index (χ3v) is 3.52. The summed E-state index contributed by atoms with van der Waals surface area (Å²) in [4.78, 5) is 0. The van der Waals surface area contributed by atoms with Gasteiger partial charge in [-0.1, -0.05) is 29.8 Å². The Morgan fingerprint density at radius 2 is 2.11 bits per heavy atom. The molecule has 1 aromatic carbocycles. The molecule has 2 atom stereocenters. The van der Waals surface area contributed by atoms with Crippen LogP contribution in [0.5, 0.6) is 0 Å². The second-order valence-electron chi connectivity index (χ2n) is 4.62. The Morgan fingerprint density at radius 3 is 2.89 bits per heavy atom. The Hall–Kier alpha value is -0.610. The topological polar surface area (TPSA) is 30.5 Å². The summed E-state index contributed by atoms with van der Waals surface area (Å²) in [6.07, 6.45) is 2.75. The van der Waals surface area contributed by atoms with Crippen molar-refractivity contribution >= 4 is 11.6 Å². The quantitative estimate of drug-likeness (QED) is 0.861. The van der Waals surface area contributed by atoms with Crippen molar-refractivity contribution < 1.29 is 9.47 Å². The van der Waals surface area contributed by atoms with E-state index in [0.717, 1.165) is 30.0 Å². The number of halogens is 1. The molecule has 1 aliphatic heterocycles. The van der Waals surface area contributed by atoms with Gasteiger partial charge >= 0.3 is 0 Å². The molecule has 0 aromatic heterocycles. The van der Waals surface area contributed by atoms with E-state index < -0.39 is 0 Å². The van der Waals surface area contributed by atoms with Crippen molar-refractivity contribution in [3.8, 4) is 0 Å². The Kier molecular flexibility index (Phi) is 5.45. The van der Waals surface area contributed by atoms with Crippen molar-refractivity contribution in [2.24, 2.45) is 0 Å². The third kappa shape index (κ3) is 3.95. The van der Waals surface area contributed by atoms with E-state index in [9.17, 15) is 0 Å². The van der Waals surface area contributed by atoms with Gasteiger partial charge in [0.05, 0.1) is 25.4 Å². The Labute approximate surface area is 113 Å². The van der Waals surface area contributed by atoms with Crippen molar-refractivity contribution in [3.05, 3.63) is 34.9 Å². The maximum atomic E-state index is 6.06. The summed E-state index contributed by atoms with van der Waals surface area (Å²) < 4.78 is 11.5. The van der Waals surface area contributed by atoms with Gasteiger partial charge in [0.2, 0.25) is 0 Å². The molecule has 1 N–H and O–H groups in total. The lowest BCUT2D eigenvalue weighted by Crippen LogP contribution is -2.25. The molecule has 0 radical (unpaired) electrons. The summed E-state index contributed by atoms with van der Waals surface area (Å²) in [6.45, 7) is 2.11. The maximum absolute atomic E-state index is 6.06. The molecule has 1 aromatic rings. The normalized spacial score (nSPS) is 23.4. The van der Waals surface area contributed by atoms with Crippen molar-refractivity contribution in [2.45, 2.75) is 31.7 Å². The molecular formula is C14H20ClNO2. The standard InChI is InChI=1S/C14H20ClNO2/c1-16-8-12-6-7-13(18-12)10-17-9-11-4-2-3-5-14(11)15/h2-5,12-13,16H,6-10H2,1H3. The van der Waals surface area contributed by atoms with E-state index in [4.69, 9.17) is 21.1 Å². The smallest absolute Gasteiger partial charge is 0.0814 e. The highest BCUT2D eigenvalue weighted by molar-refractivity contribution is 6.31. The number of hydrogen-bond donors (Lipinski definition) is 1. The molecule has 0 saturated carbocycles. The molecule has 18 heavy (non-hydrogen) atoms. The van der Waals surface area contributed by atoms with Crippen molar-refractivity contribution in [2.75, 3.05) is 20.2 Å². The molecule has 0 aliphatic carbocycles. The summed E-state index contributed by atoms with van der Waals surface area (Å²) in [7, 11) is 1.95. The van der Waals surface area contributed by atoms with Crippen molar-refractivity contribution in [3.63, 3.8) is 0 Å². The van der Waals surface area contributed by atoms with Crippen LogP contribution in [-0.4, -0.2) is 32.4 Å². The zero-order valence-electron chi connectivity index (χ0n) is 10.7. The van der Waals surface area contributed by atoms with Crippen LogP contribution in [-0.2, 0) is 16.1 Å². The van der Waals surface area contributed by atoms with E-state index in [0.29, 0.717) is 19.3 Å². The first-order chi connectivity index (χ1) is 8.79. The van der Waals surface area contributed by atoms with Crippen LogP contribution in [0.2, 0.25) is 5.02 Å². The number of likely N-dealkylation sites (N-methyl/N-ethyl adjacent to an activating group) is 1. The Balaban J connectivity index is 1.69. The van der Waals surface area contributed by atoms with Gasteiger partial charge in [-0.3, -0.25) is 0 Å². The first-order valence-electron chi connectivity index (χ1n) is 6.41. The molecule has 2 rings (SSSR count). The van der Waals surface area contributed by atoms with Crippen LogP contribution in [0.4, 0.5) is 0 Å². The van der Waals surface area contributed by atoms with Crippen LogP contribution in [0, 0.1) is 0 Å². The van der Waals surface area contributed by atoms with Crippen molar-refractivity contribution in [1.29, 1.82) is 0 Å². The molecule has 1 heterocycles. The number of ether oxygens (including phenoxy) is 2. The van der Waals surface area contributed by atoms with E-state index in [1.165, 1.54) is 0 Å². The lowest BCUT2D eigenvalue weighted by molar-refractivity contribution is -0.0185. The minimum absolute atomic E-state index is 0.228. The van der Waals surface area contributed by atoms with Gasteiger partial charge in [-0.2, -0.15) is 0 Å². The molecular weight excluding hydrogens is 250 g/mol. The molecule has 1 aliphatic rings. The van der Waals surface area contributed by atoms with E-state index in [1.54, 1.807) is 0 Å². The fourth-order valence-corrected chi connectivity index (χ4v) is 2.39. The molecule has 1 fully saturated rings. The monoisotopic (exact) mass is 269 g/mol. The molecule has 2 unspecified atom stereocenters. The van der Waals surface area contributed by atoms with Gasteiger partial charge in [-0.25, -0.2) is 0 Å². The first kappa shape index (κ1) is 13.8. The van der Waals surface area contributed by atoms with E-state index in [1.807, 2.05) is 31.3 Å². The predicted molar refractivity (Wildman–Crippen MR) is 72.9 cm³/mol. The highest BCUT2D eigenvalue weighted by Crippen LogP contribution is 2.20. The number of nitrogens with one attached hydrogen (secondary N) is 1. The van der Waals surface area contributed by atoms with E-state index in [-0.39, 0.29) is 6.10 Å². The molecule has 4 heteroatoms. The summed E-state index contributed by atoms with van der Waals surface area (Å²) >= 11 is 6.06. The first-order valence-corrected chi connectivity index (χ1v) is 6.78. The van der Waals surface area contributed by atoms with E-state index in [2.05, 4.69) is 5.32 Å². The second-order valence-corrected chi connectivity index (χ2v) is 5.03. The minimum Gasteiger partial charge on any atom is -0.374 e. The highest BCUT2D eigenvalue weighted by Gasteiger charge is 2.24. The summed E-state index contributed by atoms with van der Waals surface area (Å²) in [6, 6.07) is 7.77. The second kappa shape index (κ2) is 7.10. The summed E-state index contributed by atoms with van der Waals surface area (Å²) in [5.74, 6) is 0. The van der Waals surface area contributed by atoms with Crippen LogP contribution < -0.4 is 5.32 Å². The largest absolute Gasteiger partial charge is 0.374 e. The summed E-state index contributed by atoms with van der Waals surface area (Å²) in [5.41, 5.74) is 1.03. The van der Waals surface area contributed by atoms with Crippen molar-refractivity contribution in [1.82, 2.24) is 5.32 Å². The van der Waals surface area contributed by atoms with E-state index >= 15 is 0 Å². The highest BCUT2D eigenvalue weighted by atomic mass is 35.5. The lowest BCUT2D eigenvalue weighted by atomic mass is 10.2. The number of benzene rings is 1. The van der Waals surface area contributed by atoms with Gasteiger partial charge in [0.1, 0.15) is 0 Å². The Morgan fingerprint density at radius 1 is 1.33 bits per heavy atom. The average molecular weight is 270 g/mol. The fourth-order valence-electron chi connectivity index (χ4n) is 2.20. The van der Waals surface area contributed by atoms with Crippen LogP contribution in [0.3, 0.4) is 0 Å². The van der Waals surface area contributed by atoms with Gasteiger partial charge in [0, 0.05) is 11.6 Å².